The van der Waals surface area contributed by atoms with E-state index in [1.165, 1.54) is 28.9 Å². The van der Waals surface area contributed by atoms with E-state index in [4.69, 9.17) is 16.3 Å². The van der Waals surface area contributed by atoms with Crippen LogP contribution in [0.25, 0.3) is 17.5 Å². The maximum Gasteiger partial charge on any atom is 0.261 e. The van der Waals surface area contributed by atoms with E-state index in [0.717, 1.165) is 0 Å². The number of ether oxygens (including phenoxy) is 1. The number of hydrogen-bond donors (Lipinski definition) is 1. The SMILES string of the molecule is C=Cn1ncc(C(=O)Nc2cn(CC(=O)N(CC)CC)nc2-c2cc(Cl)ccc2OC)c1/N=C\C. The summed E-state index contributed by atoms with van der Waals surface area (Å²) in [6.07, 6.45) is 6.04. The van der Waals surface area contributed by atoms with Gasteiger partial charge in [-0.25, -0.2) is 9.67 Å². The minimum atomic E-state index is -0.449. The third-order valence-corrected chi connectivity index (χ3v) is 5.51. The van der Waals surface area contributed by atoms with Gasteiger partial charge in [0.15, 0.2) is 5.82 Å². The number of aromatic nitrogens is 4. The fourth-order valence-electron chi connectivity index (χ4n) is 3.56. The molecular weight excluding hydrogens is 470 g/mol. The summed E-state index contributed by atoms with van der Waals surface area (Å²) in [7, 11) is 1.53. The molecular formula is C24H28ClN7O3. The highest BCUT2D eigenvalue weighted by Gasteiger charge is 2.22. The summed E-state index contributed by atoms with van der Waals surface area (Å²) in [5, 5.41) is 12.1. The van der Waals surface area contributed by atoms with Gasteiger partial charge in [0.2, 0.25) is 5.91 Å². The third kappa shape index (κ3) is 5.60. The van der Waals surface area contributed by atoms with E-state index < -0.39 is 5.91 Å². The molecule has 2 heterocycles. The number of nitrogens with zero attached hydrogens (tertiary/aromatic N) is 6. The Balaban J connectivity index is 2.06. The highest BCUT2D eigenvalue weighted by molar-refractivity contribution is 6.31. The van der Waals surface area contributed by atoms with E-state index in [9.17, 15) is 9.59 Å². The number of halogens is 1. The summed E-state index contributed by atoms with van der Waals surface area (Å²) in [6.45, 7) is 10.4. The first-order valence-corrected chi connectivity index (χ1v) is 11.4. The van der Waals surface area contributed by atoms with Crippen LogP contribution in [-0.4, -0.2) is 62.7 Å². The molecule has 0 aliphatic rings. The van der Waals surface area contributed by atoms with Crippen molar-refractivity contribution in [1.82, 2.24) is 24.5 Å². The van der Waals surface area contributed by atoms with Crippen LogP contribution in [0.1, 0.15) is 31.1 Å². The summed E-state index contributed by atoms with van der Waals surface area (Å²) < 4.78 is 8.39. The molecule has 0 spiro atoms. The first-order valence-electron chi connectivity index (χ1n) is 11.1. The molecule has 3 rings (SSSR count). The topological polar surface area (TPSA) is 107 Å². The Hall–Kier alpha value is -3.92. The first-order chi connectivity index (χ1) is 16.9. The van der Waals surface area contributed by atoms with Gasteiger partial charge >= 0.3 is 0 Å². The fourth-order valence-corrected chi connectivity index (χ4v) is 3.74. The van der Waals surface area contributed by atoms with Gasteiger partial charge in [0, 0.05) is 42.3 Å². The van der Waals surface area contributed by atoms with Gasteiger partial charge in [-0.3, -0.25) is 14.3 Å². The molecule has 0 atom stereocenters. The normalized spacial score (nSPS) is 11.0. The molecule has 11 heteroatoms. The summed E-state index contributed by atoms with van der Waals surface area (Å²) in [4.78, 5) is 31.9. The van der Waals surface area contributed by atoms with E-state index in [1.807, 2.05) is 13.8 Å². The van der Waals surface area contributed by atoms with E-state index >= 15 is 0 Å². The number of anilines is 1. The van der Waals surface area contributed by atoms with Crippen molar-refractivity contribution in [2.24, 2.45) is 4.99 Å². The van der Waals surface area contributed by atoms with Crippen LogP contribution in [0.15, 0.2) is 42.2 Å². The van der Waals surface area contributed by atoms with Crippen molar-refractivity contribution in [2.45, 2.75) is 27.3 Å². The molecule has 0 fully saturated rings. The molecule has 0 radical (unpaired) electrons. The van der Waals surface area contributed by atoms with Crippen molar-refractivity contribution in [3.8, 4) is 17.0 Å². The first kappa shape index (κ1) is 25.7. The molecule has 184 valence electrons. The molecule has 1 N–H and O–H groups in total. The second-order valence-corrected chi connectivity index (χ2v) is 7.79. The zero-order valence-electron chi connectivity index (χ0n) is 20.2. The van der Waals surface area contributed by atoms with Gasteiger partial charge < -0.3 is 15.0 Å². The van der Waals surface area contributed by atoms with Crippen molar-refractivity contribution in [1.29, 1.82) is 0 Å². The monoisotopic (exact) mass is 497 g/mol. The summed E-state index contributed by atoms with van der Waals surface area (Å²) in [6, 6.07) is 5.10. The number of nitrogens with one attached hydrogen (secondary N) is 1. The number of aliphatic imine (C=N–C) groups is 1. The molecule has 2 aromatic heterocycles. The van der Waals surface area contributed by atoms with E-state index in [0.29, 0.717) is 46.6 Å². The Kier molecular flexibility index (Phi) is 8.43. The predicted octanol–water partition coefficient (Wildman–Crippen LogP) is 4.35. The number of hydrogen-bond acceptors (Lipinski definition) is 6. The quantitative estimate of drug-likeness (QED) is 0.419. The highest BCUT2D eigenvalue weighted by atomic mass is 35.5. The minimum Gasteiger partial charge on any atom is -0.496 e. The summed E-state index contributed by atoms with van der Waals surface area (Å²) >= 11 is 6.25. The maximum absolute atomic E-state index is 13.2. The van der Waals surface area contributed by atoms with Gasteiger partial charge in [0.25, 0.3) is 5.91 Å². The van der Waals surface area contributed by atoms with Crippen LogP contribution >= 0.6 is 11.6 Å². The van der Waals surface area contributed by atoms with Crippen LogP contribution < -0.4 is 10.1 Å². The molecule has 2 amide bonds. The van der Waals surface area contributed by atoms with Crippen LogP contribution in [0.3, 0.4) is 0 Å². The van der Waals surface area contributed by atoms with Crippen molar-refractivity contribution < 1.29 is 14.3 Å². The lowest BCUT2D eigenvalue weighted by atomic mass is 10.1. The number of carbonyl (C=O) groups excluding carboxylic acids is 2. The molecule has 35 heavy (non-hydrogen) atoms. The lowest BCUT2D eigenvalue weighted by Crippen LogP contribution is -2.33. The van der Waals surface area contributed by atoms with E-state index in [-0.39, 0.29) is 18.0 Å². The average molecular weight is 498 g/mol. The molecule has 3 aromatic rings. The molecule has 0 unspecified atom stereocenters. The Morgan fingerprint density at radius 2 is 2.06 bits per heavy atom. The Morgan fingerprint density at radius 3 is 2.69 bits per heavy atom. The fraction of sp³-hybridized carbons (Fsp3) is 0.292. The van der Waals surface area contributed by atoms with Gasteiger partial charge in [0.05, 0.1) is 19.0 Å². The Labute approximate surface area is 208 Å². The predicted molar refractivity (Wildman–Crippen MR) is 138 cm³/mol. The van der Waals surface area contributed by atoms with Crippen LogP contribution in [0, 0.1) is 0 Å². The number of amides is 2. The smallest absolute Gasteiger partial charge is 0.261 e. The van der Waals surface area contributed by atoms with Crippen LogP contribution in [-0.2, 0) is 11.3 Å². The van der Waals surface area contributed by atoms with Crippen molar-refractivity contribution in [3.63, 3.8) is 0 Å². The third-order valence-electron chi connectivity index (χ3n) is 5.28. The Morgan fingerprint density at radius 1 is 1.31 bits per heavy atom. The highest BCUT2D eigenvalue weighted by Crippen LogP contribution is 2.36. The second kappa shape index (κ2) is 11.5. The second-order valence-electron chi connectivity index (χ2n) is 7.35. The van der Waals surface area contributed by atoms with Gasteiger partial charge in [-0.05, 0) is 39.0 Å². The molecule has 0 bridgehead atoms. The number of methoxy groups -OCH3 is 1. The average Bonchev–Trinajstić information content (AvgIpc) is 3.43. The molecule has 0 saturated heterocycles. The molecule has 10 nitrogen and oxygen atoms in total. The van der Waals surface area contributed by atoms with Crippen molar-refractivity contribution in [3.05, 3.63) is 47.8 Å². The molecule has 0 saturated carbocycles. The van der Waals surface area contributed by atoms with Crippen LogP contribution in [0.2, 0.25) is 5.02 Å². The lowest BCUT2D eigenvalue weighted by Gasteiger charge is -2.18. The zero-order chi connectivity index (χ0) is 25.5. The zero-order valence-corrected chi connectivity index (χ0v) is 20.9. The van der Waals surface area contributed by atoms with Crippen LogP contribution in [0.4, 0.5) is 11.5 Å². The van der Waals surface area contributed by atoms with Gasteiger partial charge in [-0.2, -0.15) is 10.2 Å². The number of rotatable bonds is 10. The van der Waals surface area contributed by atoms with Crippen molar-refractivity contribution in [2.75, 3.05) is 25.5 Å². The minimum absolute atomic E-state index is 0.00715. The summed E-state index contributed by atoms with van der Waals surface area (Å²) in [5.74, 6) is 0.314. The molecule has 0 aliphatic carbocycles. The maximum atomic E-state index is 13.2. The van der Waals surface area contributed by atoms with Crippen molar-refractivity contribution >= 4 is 47.3 Å². The van der Waals surface area contributed by atoms with Gasteiger partial charge in [-0.15, -0.1) is 0 Å². The van der Waals surface area contributed by atoms with E-state index in [2.05, 4.69) is 27.1 Å². The number of carbonyl (C=O) groups is 2. The Bertz CT molecular complexity index is 1260. The molecule has 0 aliphatic heterocycles. The number of benzene rings is 1. The van der Waals surface area contributed by atoms with Gasteiger partial charge in [-0.1, -0.05) is 18.2 Å². The van der Waals surface area contributed by atoms with Crippen LogP contribution in [0.5, 0.6) is 5.75 Å². The standard InChI is InChI=1S/C24H28ClN7O3/c1-6-26-23-18(13-27-32(23)9-4)24(34)28-19-14-31(15-21(33)30(7-2)8-3)29-22(19)17-12-16(25)10-11-20(17)35-5/h6,9-14H,4,7-8,15H2,1-3,5H3,(H,28,34)/b26-6-. The largest absolute Gasteiger partial charge is 0.496 e. The molecule has 1 aromatic carbocycles. The van der Waals surface area contributed by atoms with E-state index in [1.54, 1.807) is 42.4 Å². The number of likely N-dealkylation sites (N-methyl/N-ethyl adjacent to an activating group) is 1. The lowest BCUT2D eigenvalue weighted by molar-refractivity contribution is -0.131. The summed E-state index contributed by atoms with van der Waals surface area (Å²) in [5.41, 5.74) is 1.60. The van der Waals surface area contributed by atoms with Gasteiger partial charge in [0.1, 0.15) is 23.6 Å².